The van der Waals surface area contributed by atoms with Gasteiger partial charge >= 0.3 is 0 Å². The number of fused-ring (bicyclic) bond motifs is 1. The van der Waals surface area contributed by atoms with Crippen molar-refractivity contribution in [3.8, 4) is 0 Å². The van der Waals surface area contributed by atoms with Crippen molar-refractivity contribution in [3.05, 3.63) is 35.4 Å². The Labute approximate surface area is 90.0 Å². The Balaban J connectivity index is 1.83. The Hall–Kier alpha value is -0.900. The third-order valence-electron chi connectivity index (χ3n) is 3.25. The van der Waals surface area contributed by atoms with E-state index in [1.807, 2.05) is 0 Å². The maximum atomic E-state index is 5.38. The molecule has 2 aliphatic rings. The highest BCUT2D eigenvalue weighted by atomic mass is 16.5. The molecule has 0 bridgehead atoms. The van der Waals surface area contributed by atoms with E-state index in [1.54, 1.807) is 0 Å². The maximum absolute atomic E-state index is 5.38. The molecule has 3 heteroatoms. The molecule has 0 saturated carbocycles. The van der Waals surface area contributed by atoms with Gasteiger partial charge in [0.2, 0.25) is 0 Å². The van der Waals surface area contributed by atoms with Gasteiger partial charge in [0.15, 0.2) is 0 Å². The predicted octanol–water partition coefficient (Wildman–Crippen LogP) is 1.12. The molecular weight excluding hydrogens is 188 g/mol. The first-order valence-electron chi connectivity index (χ1n) is 5.58. The first-order valence-corrected chi connectivity index (χ1v) is 5.58. The van der Waals surface area contributed by atoms with Crippen molar-refractivity contribution in [1.82, 2.24) is 10.2 Å². The van der Waals surface area contributed by atoms with E-state index >= 15 is 0 Å². The van der Waals surface area contributed by atoms with Gasteiger partial charge in [-0.25, -0.2) is 0 Å². The van der Waals surface area contributed by atoms with Crippen LogP contribution >= 0.6 is 0 Å². The second-order valence-electron chi connectivity index (χ2n) is 4.13. The Kier molecular flexibility index (Phi) is 2.44. The van der Waals surface area contributed by atoms with Gasteiger partial charge in [0.25, 0.3) is 0 Å². The van der Waals surface area contributed by atoms with Crippen LogP contribution in [0.1, 0.15) is 17.3 Å². The Morgan fingerprint density at radius 3 is 2.87 bits per heavy atom. The molecule has 15 heavy (non-hydrogen) atoms. The number of morpholine rings is 1. The summed E-state index contributed by atoms with van der Waals surface area (Å²) in [6.45, 7) is 4.79. The highest BCUT2D eigenvalue weighted by Gasteiger charge is 2.27. The van der Waals surface area contributed by atoms with Gasteiger partial charge in [0.1, 0.15) is 0 Å². The molecule has 0 spiro atoms. The van der Waals surface area contributed by atoms with Crippen molar-refractivity contribution in [1.29, 1.82) is 0 Å². The molecule has 80 valence electrons. The lowest BCUT2D eigenvalue weighted by molar-refractivity contribution is 0.0106. The summed E-state index contributed by atoms with van der Waals surface area (Å²) in [5.41, 5.74) is 2.88. The van der Waals surface area contributed by atoms with Gasteiger partial charge in [-0.1, -0.05) is 24.3 Å². The number of hydrogen-bond acceptors (Lipinski definition) is 3. The zero-order chi connectivity index (χ0) is 10.1. The minimum atomic E-state index is 0.408. The van der Waals surface area contributed by atoms with Crippen molar-refractivity contribution in [2.45, 2.75) is 12.7 Å². The summed E-state index contributed by atoms with van der Waals surface area (Å²) >= 11 is 0. The lowest BCUT2D eigenvalue weighted by Crippen LogP contribution is -2.42. The van der Waals surface area contributed by atoms with Crippen LogP contribution in [0.2, 0.25) is 0 Å². The van der Waals surface area contributed by atoms with Gasteiger partial charge < -0.3 is 4.74 Å². The van der Waals surface area contributed by atoms with Crippen LogP contribution in [0.3, 0.4) is 0 Å². The van der Waals surface area contributed by atoms with Crippen LogP contribution in [-0.2, 0) is 11.3 Å². The van der Waals surface area contributed by atoms with Gasteiger partial charge in [-0.2, -0.15) is 0 Å². The minimum absolute atomic E-state index is 0.408. The zero-order valence-electron chi connectivity index (χ0n) is 8.78. The first kappa shape index (κ1) is 9.33. The van der Waals surface area contributed by atoms with Gasteiger partial charge in [-0.05, 0) is 11.1 Å². The number of benzene rings is 1. The quantitative estimate of drug-likeness (QED) is 0.742. The summed E-state index contributed by atoms with van der Waals surface area (Å²) in [5.74, 6) is 0. The summed E-state index contributed by atoms with van der Waals surface area (Å²) in [7, 11) is 0. The summed E-state index contributed by atoms with van der Waals surface area (Å²) in [6, 6.07) is 8.68. The lowest BCUT2D eigenvalue weighted by Gasteiger charge is -2.32. The highest BCUT2D eigenvalue weighted by Crippen LogP contribution is 2.28. The topological polar surface area (TPSA) is 24.5 Å². The fraction of sp³-hybridized carbons (Fsp3) is 0.500. The normalized spacial score (nSPS) is 26.5. The van der Waals surface area contributed by atoms with E-state index < -0.39 is 0 Å². The summed E-state index contributed by atoms with van der Waals surface area (Å²) in [5, 5.41) is 3.56. The molecule has 3 rings (SSSR count). The molecule has 1 saturated heterocycles. The summed E-state index contributed by atoms with van der Waals surface area (Å²) < 4.78 is 5.38. The predicted molar refractivity (Wildman–Crippen MR) is 58.4 cm³/mol. The Bertz CT molecular complexity index is 347. The molecule has 2 aliphatic heterocycles. The second-order valence-corrected chi connectivity index (χ2v) is 4.13. The molecule has 1 aromatic carbocycles. The fourth-order valence-electron chi connectivity index (χ4n) is 2.44. The van der Waals surface area contributed by atoms with Crippen LogP contribution in [-0.4, -0.2) is 31.2 Å². The minimum Gasteiger partial charge on any atom is -0.379 e. The van der Waals surface area contributed by atoms with Crippen LogP contribution < -0.4 is 5.32 Å². The maximum Gasteiger partial charge on any atom is 0.0868 e. The van der Waals surface area contributed by atoms with Crippen molar-refractivity contribution < 1.29 is 4.74 Å². The molecule has 0 amide bonds. The van der Waals surface area contributed by atoms with Gasteiger partial charge in [0.05, 0.1) is 19.4 Å². The Morgan fingerprint density at radius 1 is 1.20 bits per heavy atom. The van der Waals surface area contributed by atoms with Crippen LogP contribution in [0, 0.1) is 0 Å². The molecule has 1 N–H and O–H groups in total. The second kappa shape index (κ2) is 3.93. The molecule has 0 aromatic heterocycles. The lowest BCUT2D eigenvalue weighted by atomic mass is 10.1. The van der Waals surface area contributed by atoms with Crippen molar-refractivity contribution in [2.75, 3.05) is 26.3 Å². The van der Waals surface area contributed by atoms with E-state index in [-0.39, 0.29) is 0 Å². The van der Waals surface area contributed by atoms with E-state index in [1.165, 1.54) is 11.1 Å². The smallest absolute Gasteiger partial charge is 0.0868 e. The molecule has 1 fully saturated rings. The number of hydrogen-bond donors (Lipinski definition) is 1. The summed E-state index contributed by atoms with van der Waals surface area (Å²) in [4.78, 5) is 2.47. The van der Waals surface area contributed by atoms with E-state index in [4.69, 9.17) is 4.74 Å². The average molecular weight is 204 g/mol. The molecular formula is C12H16N2O. The van der Waals surface area contributed by atoms with Crippen LogP contribution in [0.15, 0.2) is 24.3 Å². The van der Waals surface area contributed by atoms with Gasteiger partial charge in [0, 0.05) is 19.6 Å². The van der Waals surface area contributed by atoms with Gasteiger partial charge in [-0.15, -0.1) is 0 Å². The standard InChI is InChI=1S/C12H16N2O/c1-2-4-11-10(3-1)9-13-12(11)14-5-7-15-8-6-14/h1-4,12-13H,5-9H2. The van der Waals surface area contributed by atoms with Crippen LogP contribution in [0.4, 0.5) is 0 Å². The zero-order valence-corrected chi connectivity index (χ0v) is 8.78. The molecule has 3 nitrogen and oxygen atoms in total. The molecule has 0 aliphatic carbocycles. The van der Waals surface area contributed by atoms with Crippen LogP contribution in [0.25, 0.3) is 0 Å². The van der Waals surface area contributed by atoms with E-state index in [0.29, 0.717) is 6.17 Å². The fourth-order valence-corrected chi connectivity index (χ4v) is 2.44. The average Bonchev–Trinajstić information content (AvgIpc) is 2.74. The summed E-state index contributed by atoms with van der Waals surface area (Å²) in [6.07, 6.45) is 0.408. The SMILES string of the molecule is c1ccc2c(c1)CNC2N1CCOCC1. The number of rotatable bonds is 1. The third kappa shape index (κ3) is 1.67. The molecule has 1 atom stereocenters. The largest absolute Gasteiger partial charge is 0.379 e. The number of nitrogens with one attached hydrogen (secondary N) is 1. The Morgan fingerprint density at radius 2 is 2.00 bits per heavy atom. The molecule has 2 heterocycles. The van der Waals surface area contributed by atoms with Gasteiger partial charge in [-0.3, -0.25) is 10.2 Å². The monoisotopic (exact) mass is 204 g/mol. The highest BCUT2D eigenvalue weighted by molar-refractivity contribution is 5.33. The van der Waals surface area contributed by atoms with E-state index in [2.05, 4.69) is 34.5 Å². The number of nitrogens with zero attached hydrogens (tertiary/aromatic N) is 1. The molecule has 1 aromatic rings. The first-order chi connectivity index (χ1) is 7.45. The van der Waals surface area contributed by atoms with E-state index in [9.17, 15) is 0 Å². The van der Waals surface area contributed by atoms with Crippen molar-refractivity contribution in [2.24, 2.45) is 0 Å². The molecule has 0 radical (unpaired) electrons. The molecule has 1 unspecified atom stereocenters. The van der Waals surface area contributed by atoms with Crippen molar-refractivity contribution >= 4 is 0 Å². The number of ether oxygens (including phenoxy) is 1. The van der Waals surface area contributed by atoms with Crippen LogP contribution in [0.5, 0.6) is 0 Å². The third-order valence-corrected chi connectivity index (χ3v) is 3.25. The van der Waals surface area contributed by atoms with Crippen molar-refractivity contribution in [3.63, 3.8) is 0 Å². The van der Waals surface area contributed by atoms with E-state index in [0.717, 1.165) is 32.8 Å².